The van der Waals surface area contributed by atoms with Crippen molar-refractivity contribution >= 4 is 29.4 Å². The first-order chi connectivity index (χ1) is 10.6. The third-order valence-corrected chi connectivity index (χ3v) is 2.93. The number of hydrogen-bond donors (Lipinski definition) is 1. The number of esters is 1. The van der Waals surface area contributed by atoms with Crippen LogP contribution in [0, 0.1) is 0 Å². The minimum atomic E-state index is -0.746. The van der Waals surface area contributed by atoms with E-state index >= 15 is 0 Å². The molecule has 1 rings (SSSR count). The maximum Gasteiger partial charge on any atom is 0.341 e. The number of nitrogens with zero attached hydrogens (tertiary/aromatic N) is 2. The average Bonchev–Trinajstić information content (AvgIpc) is 2.42. The van der Waals surface area contributed by atoms with Crippen molar-refractivity contribution in [3.8, 4) is 0 Å². The molecule has 23 heavy (non-hydrogen) atoms. The molecule has 0 aromatic carbocycles. The predicted octanol–water partition coefficient (Wildman–Crippen LogP) is 1.26. The molecule has 2 amide bonds. The van der Waals surface area contributed by atoms with Crippen LogP contribution < -0.4 is 5.32 Å². The summed E-state index contributed by atoms with van der Waals surface area (Å²) < 4.78 is 4.89. The quantitative estimate of drug-likeness (QED) is 0.643. The molecule has 0 bridgehead atoms. The van der Waals surface area contributed by atoms with E-state index in [1.165, 1.54) is 30.3 Å². The van der Waals surface area contributed by atoms with Crippen molar-refractivity contribution in [3.63, 3.8) is 0 Å². The molecule has 1 N–H and O–H groups in total. The molecule has 8 heteroatoms. The van der Waals surface area contributed by atoms with E-state index in [0.717, 1.165) is 0 Å². The third-order valence-electron chi connectivity index (χ3n) is 2.63. The molecule has 1 aromatic heterocycles. The molecular weight excluding hydrogens is 322 g/mol. The van der Waals surface area contributed by atoms with Gasteiger partial charge >= 0.3 is 5.97 Å². The van der Waals surface area contributed by atoms with Crippen LogP contribution >= 0.6 is 11.6 Å². The fourth-order valence-electron chi connectivity index (χ4n) is 1.61. The predicted molar refractivity (Wildman–Crippen MR) is 85.1 cm³/mol. The van der Waals surface area contributed by atoms with E-state index < -0.39 is 18.5 Å². The first-order valence-corrected chi connectivity index (χ1v) is 7.30. The second kappa shape index (κ2) is 7.92. The summed E-state index contributed by atoms with van der Waals surface area (Å²) in [6.45, 7) is 4.91. The van der Waals surface area contributed by atoms with Crippen molar-refractivity contribution in [2.24, 2.45) is 0 Å². The van der Waals surface area contributed by atoms with E-state index in [9.17, 15) is 14.4 Å². The molecule has 0 radical (unpaired) electrons. The fourth-order valence-corrected chi connectivity index (χ4v) is 1.81. The van der Waals surface area contributed by atoms with Gasteiger partial charge < -0.3 is 15.0 Å². The van der Waals surface area contributed by atoms with Crippen molar-refractivity contribution in [1.82, 2.24) is 15.2 Å². The second-order valence-corrected chi connectivity index (χ2v) is 6.32. The summed E-state index contributed by atoms with van der Waals surface area (Å²) in [6.07, 6.45) is 1.44. The molecule has 0 spiro atoms. The number of rotatable bonds is 5. The highest BCUT2D eigenvalue weighted by atomic mass is 35.5. The van der Waals surface area contributed by atoms with Crippen molar-refractivity contribution in [2.45, 2.75) is 26.3 Å². The van der Waals surface area contributed by atoms with Crippen LogP contribution in [0.5, 0.6) is 0 Å². The number of aromatic nitrogens is 1. The summed E-state index contributed by atoms with van der Waals surface area (Å²) >= 11 is 5.77. The molecule has 126 valence electrons. The van der Waals surface area contributed by atoms with Gasteiger partial charge in [0, 0.05) is 18.8 Å². The first kappa shape index (κ1) is 18.9. The Morgan fingerprint density at radius 3 is 2.57 bits per heavy atom. The SMILES string of the molecule is CN(CC(=O)NC(C)(C)C)C(=O)COC(=O)c1cccnc1Cl. The Labute approximate surface area is 140 Å². The van der Waals surface area contributed by atoms with Crippen LogP contribution in [0.3, 0.4) is 0 Å². The Morgan fingerprint density at radius 1 is 1.35 bits per heavy atom. The second-order valence-electron chi connectivity index (χ2n) is 5.97. The number of halogens is 1. The van der Waals surface area contributed by atoms with Crippen molar-refractivity contribution in [2.75, 3.05) is 20.2 Å². The van der Waals surface area contributed by atoms with Gasteiger partial charge in [-0.25, -0.2) is 9.78 Å². The highest BCUT2D eigenvalue weighted by Gasteiger charge is 2.19. The number of amides is 2. The topological polar surface area (TPSA) is 88.6 Å². The highest BCUT2D eigenvalue weighted by Crippen LogP contribution is 2.12. The minimum Gasteiger partial charge on any atom is -0.452 e. The third kappa shape index (κ3) is 6.65. The molecule has 0 atom stereocenters. The lowest BCUT2D eigenvalue weighted by atomic mass is 10.1. The molecule has 0 fully saturated rings. The van der Waals surface area contributed by atoms with Gasteiger partial charge in [-0.15, -0.1) is 0 Å². The molecule has 0 saturated carbocycles. The van der Waals surface area contributed by atoms with Crippen LogP contribution in [0.25, 0.3) is 0 Å². The summed E-state index contributed by atoms with van der Waals surface area (Å²) in [4.78, 5) is 40.4. The van der Waals surface area contributed by atoms with Crippen LogP contribution in [-0.4, -0.2) is 53.4 Å². The summed E-state index contributed by atoms with van der Waals surface area (Å²) in [6, 6.07) is 2.98. The minimum absolute atomic E-state index is 0.00265. The maximum absolute atomic E-state index is 11.9. The highest BCUT2D eigenvalue weighted by molar-refractivity contribution is 6.32. The lowest BCUT2D eigenvalue weighted by molar-refractivity contribution is -0.137. The van der Waals surface area contributed by atoms with Crippen molar-refractivity contribution < 1.29 is 19.1 Å². The normalized spacial score (nSPS) is 10.8. The Kier molecular flexibility index (Phi) is 6.50. The van der Waals surface area contributed by atoms with E-state index in [1.807, 2.05) is 20.8 Å². The van der Waals surface area contributed by atoms with E-state index in [2.05, 4.69) is 10.3 Å². The Hall–Kier alpha value is -2.15. The molecule has 1 aromatic rings. The Morgan fingerprint density at radius 2 is 2.00 bits per heavy atom. The summed E-state index contributed by atoms with van der Waals surface area (Å²) in [7, 11) is 1.45. The molecule has 0 aliphatic rings. The van der Waals surface area contributed by atoms with Gasteiger partial charge in [0.25, 0.3) is 5.91 Å². The molecule has 7 nitrogen and oxygen atoms in total. The van der Waals surface area contributed by atoms with Gasteiger partial charge in [-0.1, -0.05) is 11.6 Å². The van der Waals surface area contributed by atoms with Crippen LogP contribution in [0.15, 0.2) is 18.3 Å². The molecular formula is C15H20ClN3O4. The number of carbonyl (C=O) groups is 3. The summed E-state index contributed by atoms with van der Waals surface area (Å²) in [5, 5.41) is 2.74. The monoisotopic (exact) mass is 341 g/mol. The standard InChI is InChI=1S/C15H20ClN3O4/c1-15(2,3)18-11(20)8-19(4)12(21)9-23-14(22)10-6-5-7-17-13(10)16/h5-7H,8-9H2,1-4H3,(H,18,20). The van der Waals surface area contributed by atoms with Gasteiger partial charge in [0.1, 0.15) is 5.15 Å². The van der Waals surface area contributed by atoms with Crippen LogP contribution in [-0.2, 0) is 14.3 Å². The lowest BCUT2D eigenvalue weighted by Crippen LogP contribution is -2.46. The zero-order valence-electron chi connectivity index (χ0n) is 13.6. The van der Waals surface area contributed by atoms with Crippen molar-refractivity contribution in [1.29, 1.82) is 0 Å². The smallest absolute Gasteiger partial charge is 0.341 e. The average molecular weight is 342 g/mol. The van der Waals surface area contributed by atoms with Gasteiger partial charge in [-0.3, -0.25) is 9.59 Å². The van der Waals surface area contributed by atoms with E-state index in [1.54, 1.807) is 0 Å². The number of carbonyl (C=O) groups excluding carboxylic acids is 3. The van der Waals surface area contributed by atoms with Gasteiger partial charge in [0.05, 0.1) is 12.1 Å². The van der Waals surface area contributed by atoms with Crippen LogP contribution in [0.2, 0.25) is 5.15 Å². The Bertz CT molecular complexity index is 599. The molecule has 1 heterocycles. The zero-order valence-corrected chi connectivity index (χ0v) is 14.3. The first-order valence-electron chi connectivity index (χ1n) is 6.93. The molecule has 0 aliphatic heterocycles. The fraction of sp³-hybridized carbons (Fsp3) is 0.467. The molecule has 0 saturated heterocycles. The van der Waals surface area contributed by atoms with Crippen LogP contribution in [0.1, 0.15) is 31.1 Å². The molecule has 0 aliphatic carbocycles. The number of hydrogen-bond acceptors (Lipinski definition) is 5. The number of ether oxygens (including phenoxy) is 1. The number of likely N-dealkylation sites (N-methyl/N-ethyl adjacent to an activating group) is 1. The lowest BCUT2D eigenvalue weighted by Gasteiger charge is -2.23. The summed E-state index contributed by atoms with van der Waals surface area (Å²) in [5.74, 6) is -1.54. The number of nitrogens with one attached hydrogen (secondary N) is 1. The van der Waals surface area contributed by atoms with Crippen molar-refractivity contribution in [3.05, 3.63) is 29.0 Å². The summed E-state index contributed by atoms with van der Waals surface area (Å²) in [5.41, 5.74) is -0.306. The number of pyridine rings is 1. The van der Waals surface area contributed by atoms with Gasteiger partial charge in [0.2, 0.25) is 5.91 Å². The van der Waals surface area contributed by atoms with Gasteiger partial charge in [0.15, 0.2) is 6.61 Å². The van der Waals surface area contributed by atoms with E-state index in [-0.39, 0.29) is 28.7 Å². The van der Waals surface area contributed by atoms with E-state index in [4.69, 9.17) is 16.3 Å². The Balaban J connectivity index is 2.48. The van der Waals surface area contributed by atoms with Gasteiger partial charge in [-0.2, -0.15) is 0 Å². The van der Waals surface area contributed by atoms with E-state index in [0.29, 0.717) is 0 Å². The van der Waals surface area contributed by atoms with Gasteiger partial charge in [-0.05, 0) is 32.9 Å². The zero-order chi connectivity index (χ0) is 17.6. The molecule has 0 unspecified atom stereocenters. The largest absolute Gasteiger partial charge is 0.452 e. The van der Waals surface area contributed by atoms with Crippen LogP contribution in [0.4, 0.5) is 0 Å². The maximum atomic E-state index is 11.9.